The van der Waals surface area contributed by atoms with Gasteiger partial charge < -0.3 is 11.1 Å². The maximum Gasteiger partial charge on any atom is 0.274 e. The van der Waals surface area contributed by atoms with E-state index in [0.29, 0.717) is 22.7 Å². The molecule has 1 amide bonds. The van der Waals surface area contributed by atoms with Gasteiger partial charge in [-0.3, -0.25) is 9.89 Å². The molecule has 0 radical (unpaired) electrons. The maximum absolute atomic E-state index is 12.3. The smallest absolute Gasteiger partial charge is 0.274 e. The number of nitrogens with one attached hydrogen (secondary N) is 2. The van der Waals surface area contributed by atoms with Gasteiger partial charge >= 0.3 is 0 Å². The van der Waals surface area contributed by atoms with Gasteiger partial charge in [0.2, 0.25) is 0 Å². The summed E-state index contributed by atoms with van der Waals surface area (Å²) in [6, 6.07) is 0.242. The van der Waals surface area contributed by atoms with E-state index in [2.05, 4.69) is 29.4 Å². The van der Waals surface area contributed by atoms with E-state index >= 15 is 0 Å². The Morgan fingerprint density at radius 2 is 2.15 bits per heavy atom. The molecule has 0 bridgehead atoms. The molecule has 1 atom stereocenters. The Hall–Kier alpha value is -1.52. The molecule has 1 aromatic heterocycles. The molecule has 2 aliphatic carbocycles. The van der Waals surface area contributed by atoms with Gasteiger partial charge in [-0.25, -0.2) is 0 Å². The van der Waals surface area contributed by atoms with Crippen LogP contribution in [0.25, 0.3) is 0 Å². The molecule has 3 rings (SSSR count). The van der Waals surface area contributed by atoms with E-state index in [9.17, 15) is 4.79 Å². The summed E-state index contributed by atoms with van der Waals surface area (Å²) in [5.74, 6) is 0.353. The van der Waals surface area contributed by atoms with Crippen molar-refractivity contribution in [2.45, 2.75) is 64.3 Å². The number of nitrogens with two attached hydrogens (primary N) is 1. The fourth-order valence-electron chi connectivity index (χ4n) is 3.30. The Balaban J connectivity index is 1.67. The molecule has 0 spiro atoms. The predicted octanol–water partition coefficient (Wildman–Crippen LogP) is 2.57. The minimum absolute atomic E-state index is 0.131. The minimum atomic E-state index is -0.131. The molecule has 2 aliphatic rings. The molecular weight excluding hydrogens is 252 g/mol. The Labute approximate surface area is 119 Å². The van der Waals surface area contributed by atoms with Crippen molar-refractivity contribution in [1.29, 1.82) is 0 Å². The molecule has 1 unspecified atom stereocenters. The number of hydrogen-bond donors (Lipinski definition) is 3. The van der Waals surface area contributed by atoms with Crippen LogP contribution in [-0.2, 0) is 0 Å². The van der Waals surface area contributed by atoms with Gasteiger partial charge in [-0.15, -0.1) is 0 Å². The van der Waals surface area contributed by atoms with Crippen LogP contribution in [-0.4, -0.2) is 22.1 Å². The minimum Gasteiger partial charge on any atom is -0.395 e. The van der Waals surface area contributed by atoms with E-state index in [1.165, 1.54) is 12.8 Å². The first-order chi connectivity index (χ1) is 9.46. The molecule has 5 nitrogen and oxygen atoms in total. The molecule has 4 N–H and O–H groups in total. The lowest BCUT2D eigenvalue weighted by Gasteiger charge is -2.35. The number of hydrogen-bond acceptors (Lipinski definition) is 3. The van der Waals surface area contributed by atoms with Gasteiger partial charge in [0.25, 0.3) is 5.91 Å². The number of aromatic nitrogens is 2. The van der Waals surface area contributed by atoms with Crippen LogP contribution in [0.1, 0.15) is 74.5 Å². The molecule has 0 aliphatic heterocycles. The van der Waals surface area contributed by atoms with Gasteiger partial charge in [-0.2, -0.15) is 5.10 Å². The molecule has 2 saturated carbocycles. The van der Waals surface area contributed by atoms with Crippen molar-refractivity contribution in [3.05, 3.63) is 11.4 Å². The van der Waals surface area contributed by atoms with E-state index < -0.39 is 0 Å². The van der Waals surface area contributed by atoms with Crippen LogP contribution in [0.2, 0.25) is 0 Å². The summed E-state index contributed by atoms with van der Waals surface area (Å²) < 4.78 is 0. The second-order valence-corrected chi connectivity index (χ2v) is 7.10. The topological polar surface area (TPSA) is 83.8 Å². The van der Waals surface area contributed by atoms with Crippen molar-refractivity contribution in [3.8, 4) is 0 Å². The molecule has 2 fully saturated rings. The molecule has 0 saturated heterocycles. The normalized spacial score (nSPS) is 25.4. The standard InChI is InChI=1S/C15H24N4O/c1-15(2)7-3-4-10(8-15)17-14(20)13-11(16)12(18-19-13)9-5-6-9/h9-10H,3-8,16H2,1-2H3,(H,17,20)(H,18,19). The summed E-state index contributed by atoms with van der Waals surface area (Å²) in [5.41, 5.74) is 8.22. The number of H-pyrrole nitrogens is 1. The van der Waals surface area contributed by atoms with Crippen LogP contribution in [0.3, 0.4) is 0 Å². The fourth-order valence-corrected chi connectivity index (χ4v) is 3.30. The van der Waals surface area contributed by atoms with Gasteiger partial charge in [-0.1, -0.05) is 20.3 Å². The number of carbonyl (C=O) groups is 1. The zero-order valence-corrected chi connectivity index (χ0v) is 12.3. The molecule has 0 aromatic carbocycles. The predicted molar refractivity (Wildman–Crippen MR) is 78.5 cm³/mol. The fraction of sp³-hybridized carbons (Fsp3) is 0.733. The van der Waals surface area contributed by atoms with E-state index in [4.69, 9.17) is 5.73 Å². The number of nitrogens with zero attached hydrogens (tertiary/aromatic N) is 1. The number of amides is 1. The van der Waals surface area contributed by atoms with Gasteiger partial charge in [0.1, 0.15) is 0 Å². The lowest BCUT2D eigenvalue weighted by Crippen LogP contribution is -2.41. The summed E-state index contributed by atoms with van der Waals surface area (Å²) in [7, 11) is 0. The SMILES string of the molecule is CC1(C)CCCC(NC(=O)c2n[nH]c(C3CC3)c2N)C1. The third-order valence-electron chi connectivity index (χ3n) is 4.57. The molecule has 110 valence electrons. The first-order valence-electron chi connectivity index (χ1n) is 7.61. The van der Waals surface area contributed by atoms with Crippen LogP contribution in [0, 0.1) is 5.41 Å². The van der Waals surface area contributed by atoms with E-state index in [1.807, 2.05) is 0 Å². The van der Waals surface area contributed by atoms with Crippen molar-refractivity contribution < 1.29 is 4.79 Å². The third-order valence-corrected chi connectivity index (χ3v) is 4.57. The Morgan fingerprint density at radius 1 is 1.40 bits per heavy atom. The summed E-state index contributed by atoms with van der Waals surface area (Å²) in [6.45, 7) is 4.53. The second kappa shape index (κ2) is 4.79. The summed E-state index contributed by atoms with van der Waals surface area (Å²) in [4.78, 5) is 12.3. The van der Waals surface area contributed by atoms with Gasteiger partial charge in [0, 0.05) is 12.0 Å². The van der Waals surface area contributed by atoms with Crippen molar-refractivity contribution >= 4 is 11.6 Å². The zero-order valence-electron chi connectivity index (χ0n) is 12.3. The van der Waals surface area contributed by atoms with Crippen LogP contribution >= 0.6 is 0 Å². The van der Waals surface area contributed by atoms with E-state index in [0.717, 1.165) is 31.4 Å². The first kappa shape index (κ1) is 13.5. The largest absolute Gasteiger partial charge is 0.395 e. The summed E-state index contributed by atoms with van der Waals surface area (Å²) in [6.07, 6.45) is 6.76. The van der Waals surface area contributed by atoms with Crippen molar-refractivity contribution in [3.63, 3.8) is 0 Å². The highest BCUT2D eigenvalue weighted by atomic mass is 16.2. The molecular formula is C15H24N4O. The zero-order chi connectivity index (χ0) is 14.3. The summed E-state index contributed by atoms with van der Waals surface area (Å²) >= 11 is 0. The Bertz CT molecular complexity index is 516. The number of rotatable bonds is 3. The van der Waals surface area contributed by atoms with Crippen LogP contribution in [0.4, 0.5) is 5.69 Å². The van der Waals surface area contributed by atoms with Gasteiger partial charge in [-0.05, 0) is 37.5 Å². The van der Waals surface area contributed by atoms with Crippen LogP contribution in [0.15, 0.2) is 0 Å². The molecule has 20 heavy (non-hydrogen) atoms. The van der Waals surface area contributed by atoms with Crippen LogP contribution in [0.5, 0.6) is 0 Å². The average Bonchev–Trinajstić information content (AvgIpc) is 3.11. The summed E-state index contributed by atoms with van der Waals surface area (Å²) in [5, 5.41) is 10.2. The van der Waals surface area contributed by atoms with Crippen molar-refractivity contribution in [2.75, 3.05) is 5.73 Å². The lowest BCUT2D eigenvalue weighted by atomic mass is 9.75. The molecule has 1 aromatic rings. The maximum atomic E-state index is 12.3. The Morgan fingerprint density at radius 3 is 2.80 bits per heavy atom. The number of nitrogen functional groups attached to an aromatic ring is 1. The highest BCUT2D eigenvalue weighted by Gasteiger charge is 2.32. The second-order valence-electron chi connectivity index (χ2n) is 7.10. The van der Waals surface area contributed by atoms with E-state index in [-0.39, 0.29) is 11.9 Å². The molecule has 5 heteroatoms. The number of carbonyl (C=O) groups excluding carboxylic acids is 1. The number of aromatic amines is 1. The highest BCUT2D eigenvalue weighted by Crippen LogP contribution is 2.42. The molecule has 1 heterocycles. The highest BCUT2D eigenvalue weighted by molar-refractivity contribution is 5.97. The van der Waals surface area contributed by atoms with Crippen molar-refractivity contribution in [1.82, 2.24) is 15.5 Å². The van der Waals surface area contributed by atoms with Gasteiger partial charge in [0.05, 0.1) is 11.4 Å². The van der Waals surface area contributed by atoms with Gasteiger partial charge in [0.15, 0.2) is 5.69 Å². The Kier molecular flexibility index (Phi) is 3.22. The quantitative estimate of drug-likeness (QED) is 0.793. The van der Waals surface area contributed by atoms with Crippen LogP contribution < -0.4 is 11.1 Å². The third kappa shape index (κ3) is 2.67. The van der Waals surface area contributed by atoms with E-state index in [1.54, 1.807) is 0 Å². The monoisotopic (exact) mass is 276 g/mol. The first-order valence-corrected chi connectivity index (χ1v) is 7.61. The lowest BCUT2D eigenvalue weighted by molar-refractivity contribution is 0.0898. The average molecular weight is 276 g/mol. The number of anilines is 1. The van der Waals surface area contributed by atoms with Crippen molar-refractivity contribution in [2.24, 2.45) is 5.41 Å².